The van der Waals surface area contributed by atoms with E-state index >= 15 is 0 Å². The first-order chi connectivity index (χ1) is 20.0. The Kier molecular flexibility index (Phi) is 9.90. The third kappa shape index (κ3) is 7.91. The largest absolute Gasteiger partial charge is 0.416 e. The number of para-hydroxylation sites is 1. The van der Waals surface area contributed by atoms with Gasteiger partial charge < -0.3 is 24.8 Å². The molecule has 0 aliphatic heterocycles. The molecule has 3 aromatic carbocycles. The van der Waals surface area contributed by atoms with Crippen molar-refractivity contribution in [3.8, 4) is 0 Å². The van der Waals surface area contributed by atoms with Gasteiger partial charge in [0.1, 0.15) is 6.54 Å². The Labute approximate surface area is 243 Å². The Morgan fingerprint density at radius 3 is 2.38 bits per heavy atom. The van der Waals surface area contributed by atoms with E-state index in [1.165, 1.54) is 24.1 Å². The van der Waals surface area contributed by atoms with Crippen molar-refractivity contribution < 1.29 is 27.5 Å². The fraction of sp³-hybridized carbons (Fsp3) is 0.312. The number of carbonyl (C=O) groups excluding carboxylic acids is 2. The van der Waals surface area contributed by atoms with Crippen LogP contribution in [0.2, 0.25) is 0 Å². The number of H-pyrrole nitrogens is 1. The first-order valence-corrected chi connectivity index (χ1v) is 13.7. The Morgan fingerprint density at radius 1 is 0.952 bits per heavy atom. The highest BCUT2D eigenvalue weighted by atomic mass is 19.4. The molecule has 0 saturated heterocycles. The average Bonchev–Trinajstić information content (AvgIpc) is 3.37. The Bertz CT molecular complexity index is 1520. The molecule has 0 radical (unpaired) electrons. The summed E-state index contributed by atoms with van der Waals surface area (Å²) in [5, 5.41) is 3.92. The summed E-state index contributed by atoms with van der Waals surface area (Å²) in [6.45, 7) is 4.42. The van der Waals surface area contributed by atoms with E-state index in [0.29, 0.717) is 24.2 Å². The molecule has 7 nitrogen and oxygen atoms in total. The van der Waals surface area contributed by atoms with E-state index in [1.54, 1.807) is 4.90 Å². The van der Waals surface area contributed by atoms with Gasteiger partial charge in [-0.2, -0.15) is 13.2 Å². The minimum Gasteiger partial charge on any atom is -0.383 e. The summed E-state index contributed by atoms with van der Waals surface area (Å²) in [7, 11) is 1.51. The van der Waals surface area contributed by atoms with Gasteiger partial charge in [0.05, 0.1) is 12.2 Å². The van der Waals surface area contributed by atoms with E-state index in [1.807, 2.05) is 62.5 Å². The average molecular weight is 581 g/mol. The predicted molar refractivity (Wildman–Crippen MR) is 157 cm³/mol. The van der Waals surface area contributed by atoms with Crippen LogP contribution in [0.1, 0.15) is 27.8 Å². The molecule has 2 N–H and O–H groups in total. The molecule has 1 aromatic heterocycles. The number of rotatable bonds is 11. The molecule has 0 unspecified atom stereocenters. The van der Waals surface area contributed by atoms with Crippen molar-refractivity contribution in [2.24, 2.45) is 0 Å². The van der Waals surface area contributed by atoms with Crippen molar-refractivity contribution in [2.75, 3.05) is 38.7 Å². The van der Waals surface area contributed by atoms with Crippen LogP contribution < -0.4 is 5.32 Å². The number of amides is 3. The fourth-order valence-electron chi connectivity index (χ4n) is 4.77. The maximum absolute atomic E-state index is 13.7. The topological polar surface area (TPSA) is 77.7 Å². The number of ether oxygens (including phenoxy) is 1. The van der Waals surface area contributed by atoms with E-state index in [2.05, 4.69) is 10.3 Å². The van der Waals surface area contributed by atoms with Crippen molar-refractivity contribution in [3.05, 3.63) is 101 Å². The van der Waals surface area contributed by atoms with Gasteiger partial charge in [-0.05, 0) is 61.2 Å². The number of aromatic amines is 1. The van der Waals surface area contributed by atoms with Gasteiger partial charge in [-0.25, -0.2) is 4.79 Å². The van der Waals surface area contributed by atoms with Crippen LogP contribution in [0.25, 0.3) is 10.9 Å². The minimum absolute atomic E-state index is 0.0934. The first kappa shape index (κ1) is 30.6. The molecule has 0 saturated carbocycles. The maximum Gasteiger partial charge on any atom is 0.416 e. The summed E-state index contributed by atoms with van der Waals surface area (Å²) in [6.07, 6.45) is -2.04. The van der Waals surface area contributed by atoms with E-state index in [4.69, 9.17) is 4.74 Å². The number of aryl methyl sites for hydroxylation is 2. The number of halogens is 3. The third-order valence-electron chi connectivity index (χ3n) is 7.14. The smallest absolute Gasteiger partial charge is 0.383 e. The number of hydrogen-bond acceptors (Lipinski definition) is 3. The number of methoxy groups -OCH3 is 1. The quantitative estimate of drug-likeness (QED) is 0.211. The number of anilines is 1. The van der Waals surface area contributed by atoms with E-state index < -0.39 is 17.8 Å². The molecular weight excluding hydrogens is 545 g/mol. The predicted octanol–water partition coefficient (Wildman–Crippen LogP) is 6.56. The monoisotopic (exact) mass is 580 g/mol. The molecule has 3 amide bonds. The first-order valence-electron chi connectivity index (χ1n) is 13.7. The second kappa shape index (κ2) is 13.6. The van der Waals surface area contributed by atoms with Crippen LogP contribution in [0.3, 0.4) is 0 Å². The number of urea groups is 1. The minimum atomic E-state index is -4.45. The van der Waals surface area contributed by atoms with Gasteiger partial charge in [0.25, 0.3) is 0 Å². The zero-order valence-corrected chi connectivity index (χ0v) is 23.9. The van der Waals surface area contributed by atoms with E-state index in [0.717, 1.165) is 39.7 Å². The molecule has 0 atom stereocenters. The molecule has 4 rings (SSSR count). The molecule has 0 fully saturated rings. The lowest BCUT2D eigenvalue weighted by atomic mass is 10.1. The van der Waals surface area contributed by atoms with Gasteiger partial charge in [-0.3, -0.25) is 4.79 Å². The highest BCUT2D eigenvalue weighted by Crippen LogP contribution is 2.29. The summed E-state index contributed by atoms with van der Waals surface area (Å²) in [6, 6.07) is 17.8. The molecule has 222 valence electrons. The standard InChI is InChI=1S/C32H35F3N4O3/c1-22-8-13-28(23(2)18-22)37-31(41)39(16-17-42-3)21-30(40)38(20-24-9-11-26(12-10-24)32(33,34)35)15-14-25-19-36-29-7-5-4-6-27(25)29/h4-13,18-19,36H,14-17,20-21H2,1-3H3,(H,37,41). The molecule has 1 heterocycles. The van der Waals surface area contributed by atoms with Gasteiger partial charge in [-0.15, -0.1) is 0 Å². The summed E-state index contributed by atoms with van der Waals surface area (Å²) < 4.78 is 44.5. The number of benzene rings is 3. The van der Waals surface area contributed by atoms with Crippen molar-refractivity contribution in [1.82, 2.24) is 14.8 Å². The van der Waals surface area contributed by atoms with Crippen LogP contribution in [-0.4, -0.2) is 60.1 Å². The molecule has 42 heavy (non-hydrogen) atoms. The fourth-order valence-corrected chi connectivity index (χ4v) is 4.77. The molecule has 0 aliphatic rings. The number of nitrogens with zero attached hydrogens (tertiary/aromatic N) is 2. The normalized spacial score (nSPS) is 11.5. The molecule has 0 spiro atoms. The Hall–Kier alpha value is -4.31. The second-order valence-corrected chi connectivity index (χ2v) is 10.3. The lowest BCUT2D eigenvalue weighted by Gasteiger charge is -2.28. The molecule has 0 aliphatic carbocycles. The van der Waals surface area contributed by atoms with Gasteiger partial charge in [0, 0.05) is 49.5 Å². The molecule has 4 aromatic rings. The molecular formula is C32H35F3N4O3. The number of alkyl halides is 3. The Morgan fingerprint density at radius 2 is 1.69 bits per heavy atom. The number of carbonyl (C=O) groups is 2. The highest BCUT2D eigenvalue weighted by Gasteiger charge is 2.30. The summed E-state index contributed by atoms with van der Waals surface area (Å²) in [5.74, 6) is -0.332. The van der Waals surface area contributed by atoms with Gasteiger partial charge in [0.15, 0.2) is 0 Å². The summed E-state index contributed by atoms with van der Waals surface area (Å²) >= 11 is 0. The van der Waals surface area contributed by atoms with Gasteiger partial charge in [-0.1, -0.05) is 48.0 Å². The number of nitrogens with one attached hydrogen (secondary N) is 2. The van der Waals surface area contributed by atoms with Crippen LogP contribution in [0.5, 0.6) is 0 Å². The van der Waals surface area contributed by atoms with E-state index in [9.17, 15) is 22.8 Å². The van der Waals surface area contributed by atoms with Gasteiger partial charge in [0.2, 0.25) is 5.91 Å². The van der Waals surface area contributed by atoms with E-state index in [-0.39, 0.29) is 32.1 Å². The van der Waals surface area contributed by atoms with Gasteiger partial charge >= 0.3 is 12.2 Å². The molecule has 0 bridgehead atoms. The zero-order chi connectivity index (χ0) is 30.3. The van der Waals surface area contributed by atoms with Crippen molar-refractivity contribution >= 4 is 28.5 Å². The van der Waals surface area contributed by atoms with Crippen LogP contribution in [-0.2, 0) is 28.7 Å². The van der Waals surface area contributed by atoms with Crippen molar-refractivity contribution in [1.29, 1.82) is 0 Å². The Balaban J connectivity index is 1.54. The van der Waals surface area contributed by atoms with Crippen molar-refractivity contribution in [2.45, 2.75) is 33.0 Å². The van der Waals surface area contributed by atoms with Crippen LogP contribution in [0.15, 0.2) is 72.9 Å². The SMILES string of the molecule is COCCN(CC(=O)N(CCc1c[nH]c2ccccc12)Cc1ccc(C(F)(F)F)cc1)C(=O)Nc1ccc(C)cc1C. The third-order valence-corrected chi connectivity index (χ3v) is 7.14. The maximum atomic E-state index is 13.7. The van der Waals surface area contributed by atoms with Crippen molar-refractivity contribution in [3.63, 3.8) is 0 Å². The summed E-state index contributed by atoms with van der Waals surface area (Å²) in [4.78, 5) is 33.2. The summed E-state index contributed by atoms with van der Waals surface area (Å²) in [5.41, 5.74) is 4.38. The lowest BCUT2D eigenvalue weighted by molar-refractivity contribution is -0.137. The zero-order valence-electron chi connectivity index (χ0n) is 23.9. The number of hydrogen-bond donors (Lipinski definition) is 2. The highest BCUT2D eigenvalue weighted by molar-refractivity contribution is 5.93. The second-order valence-electron chi connectivity index (χ2n) is 10.3. The van der Waals surface area contributed by atoms with Crippen LogP contribution >= 0.6 is 0 Å². The number of fused-ring (bicyclic) bond motifs is 1. The lowest BCUT2D eigenvalue weighted by Crippen LogP contribution is -2.46. The van der Waals surface area contributed by atoms with Crippen LogP contribution in [0.4, 0.5) is 23.7 Å². The molecule has 10 heteroatoms. The number of aromatic nitrogens is 1. The van der Waals surface area contributed by atoms with Crippen LogP contribution in [0, 0.1) is 13.8 Å².